The van der Waals surface area contributed by atoms with Crippen LogP contribution in [0.4, 0.5) is 98.7 Å². The lowest BCUT2D eigenvalue weighted by Crippen LogP contribution is -2.31. The number of hydrogen-bond acceptors (Lipinski definition) is 16. The molecule has 0 aliphatic carbocycles. The van der Waals surface area contributed by atoms with Crippen LogP contribution >= 0.6 is 11.8 Å². The number of pyridine rings is 1. The van der Waals surface area contributed by atoms with E-state index in [1.54, 1.807) is 60.1 Å². The molecule has 8 heterocycles. The summed E-state index contributed by atoms with van der Waals surface area (Å²) < 4.78 is 309. The molecule has 3 aliphatic heterocycles. The van der Waals surface area contributed by atoms with Crippen LogP contribution in [0.5, 0.6) is 0 Å². The van der Waals surface area contributed by atoms with Crippen molar-refractivity contribution in [2.24, 2.45) is 0 Å². The zero-order chi connectivity index (χ0) is 101. The van der Waals surface area contributed by atoms with E-state index in [2.05, 4.69) is 32.8 Å². The summed E-state index contributed by atoms with van der Waals surface area (Å²) in [5.74, 6) is -6.29. The fourth-order valence-corrected chi connectivity index (χ4v) is 19.0. The third-order valence-corrected chi connectivity index (χ3v) is 27.0. The molecule has 0 spiro atoms. The van der Waals surface area contributed by atoms with Crippen LogP contribution in [-0.2, 0) is 76.8 Å². The topological polar surface area (TPSA) is 293 Å². The van der Waals surface area contributed by atoms with Gasteiger partial charge in [-0.2, -0.15) is 52.7 Å². The van der Waals surface area contributed by atoms with Gasteiger partial charge in [0.2, 0.25) is 0 Å². The van der Waals surface area contributed by atoms with E-state index in [9.17, 15) is 120 Å². The van der Waals surface area contributed by atoms with E-state index in [1.807, 2.05) is 0 Å². The highest BCUT2D eigenvalue weighted by Gasteiger charge is 2.42. The number of alkyl halides is 12. The van der Waals surface area contributed by atoms with Crippen LogP contribution in [0.2, 0.25) is 0 Å². The van der Waals surface area contributed by atoms with Crippen molar-refractivity contribution in [2.45, 2.75) is 104 Å². The second-order valence-electron chi connectivity index (χ2n) is 32.2. The zero-order valence-corrected chi connectivity index (χ0v) is 77.5. The van der Waals surface area contributed by atoms with E-state index < -0.39 is 138 Å². The maximum absolute atomic E-state index is 14.7. The van der Waals surface area contributed by atoms with Crippen molar-refractivity contribution < 1.29 is 129 Å². The number of nitrogens with one attached hydrogen (secondary N) is 4. The molecule has 139 heavy (non-hydrogen) atoms. The fraction of sp³-hybridized carbons (Fsp3) is 0.219. The smallest absolute Gasteiger partial charge is 0.395 e. The zero-order valence-electron chi connectivity index (χ0n) is 74.2. The number of carbonyl (C=O) groups is 4. The van der Waals surface area contributed by atoms with E-state index in [-0.39, 0.29) is 141 Å². The van der Waals surface area contributed by atoms with Crippen molar-refractivity contribution in [2.75, 3.05) is 78.4 Å². The predicted octanol–water partition coefficient (Wildman–Crippen LogP) is 21.5. The molecule has 0 bridgehead atoms. The summed E-state index contributed by atoms with van der Waals surface area (Å²) in [4.78, 5) is 57.0. The van der Waals surface area contributed by atoms with Gasteiger partial charge in [-0.15, -0.1) is 0 Å². The minimum absolute atomic E-state index is 0.00575. The van der Waals surface area contributed by atoms with Gasteiger partial charge in [0, 0.05) is 126 Å². The number of aromatic nitrogens is 5. The number of carbonyl (C=O) groups excluding carboxylic acids is 4. The van der Waals surface area contributed by atoms with Crippen LogP contribution in [-0.4, -0.2) is 136 Å². The Morgan fingerprint density at radius 1 is 0.468 bits per heavy atom. The molecule has 23 nitrogen and oxygen atoms in total. The molecule has 8 aromatic carbocycles. The molecule has 16 rings (SSSR count). The average molecular weight is 2020 g/mol. The third kappa shape index (κ3) is 22.7. The van der Waals surface area contributed by atoms with Crippen LogP contribution < -0.4 is 26.2 Å². The van der Waals surface area contributed by atoms with Crippen molar-refractivity contribution >= 4 is 93.3 Å². The van der Waals surface area contributed by atoms with Gasteiger partial charge in [0.05, 0.1) is 122 Å². The van der Waals surface area contributed by atoms with Crippen molar-refractivity contribution in [3.05, 3.63) is 315 Å². The van der Waals surface area contributed by atoms with Crippen LogP contribution in [0.3, 0.4) is 0 Å². The molecule has 5 aromatic heterocycles. The number of thioether (sulfide) groups is 1. The first kappa shape index (κ1) is 103. The van der Waals surface area contributed by atoms with Crippen molar-refractivity contribution in [3.63, 3.8) is 0 Å². The van der Waals surface area contributed by atoms with Gasteiger partial charge in [-0.3, -0.25) is 24.2 Å². The summed E-state index contributed by atoms with van der Waals surface area (Å²) in [5.41, 5.74) is -0.397. The van der Waals surface area contributed by atoms with Gasteiger partial charge in [0.25, 0.3) is 23.6 Å². The van der Waals surface area contributed by atoms with Gasteiger partial charge in [0.15, 0.2) is 29.5 Å². The minimum atomic E-state index is -4.64. The van der Waals surface area contributed by atoms with E-state index in [0.717, 1.165) is 85.9 Å². The van der Waals surface area contributed by atoms with Crippen molar-refractivity contribution in [1.82, 2.24) is 23.3 Å². The second kappa shape index (κ2) is 40.5. The molecule has 4 amide bonds. The highest BCUT2D eigenvalue weighted by molar-refractivity contribution is 8.03. The Morgan fingerprint density at radius 3 is 1.19 bits per heavy atom. The molecular formula is C96H82F16N10O13S4. The van der Waals surface area contributed by atoms with E-state index in [0.29, 0.717) is 44.6 Å². The van der Waals surface area contributed by atoms with Gasteiger partial charge >= 0.3 is 24.7 Å². The van der Waals surface area contributed by atoms with E-state index >= 15 is 0 Å². The molecule has 2 saturated heterocycles. The first-order valence-electron chi connectivity index (χ1n) is 41.5. The monoisotopic (exact) mass is 2010 g/mol. The molecule has 13 aromatic rings. The van der Waals surface area contributed by atoms with Crippen LogP contribution in [0, 0.1) is 51.0 Å². The first-order valence-corrected chi connectivity index (χ1v) is 48.0. The van der Waals surface area contributed by atoms with Gasteiger partial charge in [-0.1, -0.05) is 91.1 Å². The molecular weight excluding hydrogens is 1930 g/mol. The summed E-state index contributed by atoms with van der Waals surface area (Å²) >= 11 is 1.27. The number of nitrogens with zero attached hydrogens (tertiary/aromatic N) is 6. The van der Waals surface area contributed by atoms with Gasteiger partial charge < -0.3 is 59.0 Å². The summed E-state index contributed by atoms with van der Waals surface area (Å²) in [7, 11) is -9.69. The summed E-state index contributed by atoms with van der Waals surface area (Å²) in [5, 5.41) is 20.2. The van der Waals surface area contributed by atoms with Gasteiger partial charge in [0.1, 0.15) is 38.0 Å². The maximum Gasteiger partial charge on any atom is 0.417 e. The molecule has 730 valence electrons. The molecule has 2 fully saturated rings. The number of halogens is 16. The van der Waals surface area contributed by atoms with Gasteiger partial charge in [-0.25, -0.2) is 42.8 Å². The number of aliphatic hydroxyl groups excluding tert-OH is 1. The summed E-state index contributed by atoms with van der Waals surface area (Å²) in [6.07, 6.45) is -6.67. The molecule has 1 atom stereocenters. The first-order chi connectivity index (χ1) is 65.1. The lowest BCUT2D eigenvalue weighted by atomic mass is 9.99. The molecule has 43 heteroatoms. The Balaban J connectivity index is 0.000000156. The minimum Gasteiger partial charge on any atom is -0.395 e. The highest BCUT2D eigenvalue weighted by Crippen LogP contribution is 2.50. The van der Waals surface area contributed by atoms with Crippen molar-refractivity contribution in [1.29, 1.82) is 0 Å². The Labute approximate surface area is 788 Å². The Kier molecular flexibility index (Phi) is 29.9. The Hall–Kier alpha value is -13.6. The maximum atomic E-state index is 14.7. The highest BCUT2D eigenvalue weighted by atomic mass is 32.2. The Bertz CT molecular complexity index is 7350. The average Bonchev–Trinajstić information content (AvgIpc) is 1.62. The number of sulfone groups is 3. The van der Waals surface area contributed by atoms with Crippen molar-refractivity contribution in [3.8, 4) is 50.7 Å². The lowest BCUT2D eigenvalue weighted by Gasteiger charge is -2.30. The van der Waals surface area contributed by atoms with Crippen LogP contribution in [0.1, 0.15) is 98.4 Å². The fourth-order valence-electron chi connectivity index (χ4n) is 15.8. The number of aliphatic hydroxyl groups is 1. The molecule has 0 radical (unpaired) electrons. The summed E-state index contributed by atoms with van der Waals surface area (Å²) in [6.45, 7) is 11.0. The quantitative estimate of drug-likeness (QED) is 0.0418. The second-order valence-corrected chi connectivity index (χ2v) is 39.3. The van der Waals surface area contributed by atoms with Crippen LogP contribution in [0.25, 0.3) is 50.7 Å². The third-order valence-electron chi connectivity index (χ3n) is 22.6. The standard InChI is InChI=1S/C25H19F4N3O3S.C24H21F4N3O2S.C24H22F4N2O4S.C23H20F4N2O4S/c1-15-19(24(33)31-16-9-10-22(21(26)12-16)36(2,34)35)14-32(17-6-5-11-30-13-17)23(15)18-7-3-4-8-20(18)25(27,28)29;1-13-17(23(33)29-15-10-19(25)22-20(11-15)34-14(2)30(22)3)12-31(8-9-32)21(13)16-6-4-5-7-18(16)24(26,27)28;1-14-18(23(31)29-15-7-8-21(20(25)11-15)35(2,32)33)13-30(12-16-9-10-34-16)22(14)17-5-3-4-6-19(17)24(26,27)28;1-13-17(22(30)28-14-7-8-20(19(24)9-14)34(2,31)32)10-29(15-11-33-12-15)21(13)16-5-3-4-6-18(16)23(25,26)27/h3-14H,1-2H3,(H,31,33);4-7,10-12,32H,2,8-9H2,1,3H3,(H,29,33);3-8,11,13,16H,9-10,12H2,1-2H3,(H,29,31);3-10,15H,11-12H2,1-2H3,(H,28,30). The molecule has 5 N–H and O–H groups in total. The predicted molar refractivity (Wildman–Crippen MR) is 489 cm³/mol. The number of rotatable bonds is 21. The normalized spacial score (nSPS) is 14.0. The number of benzene rings is 8. The van der Waals surface area contributed by atoms with Crippen LogP contribution in [0.15, 0.2) is 244 Å². The molecule has 1 unspecified atom stereocenters. The number of ether oxygens (including phenoxy) is 2. The number of amides is 4. The molecule has 0 saturated carbocycles. The Morgan fingerprint density at radius 2 is 0.827 bits per heavy atom. The summed E-state index contributed by atoms with van der Waals surface area (Å²) in [6, 6.07) is 35.6. The number of hydrogen-bond donors (Lipinski definition) is 5. The van der Waals surface area contributed by atoms with Gasteiger partial charge in [-0.05, 0) is 159 Å². The SMILES string of the molecule is C=C1Sc2cc(NC(=O)c3cn(CCO)c(-c4ccccc4C(F)(F)F)c3C)cc(F)c2N1C.Cc1c(C(=O)Nc2ccc(S(C)(=O)=O)c(F)c2)cn(-c2cccnc2)c1-c1ccccc1C(F)(F)F.Cc1c(C(=O)Nc2ccc(S(C)(=O)=O)c(F)c2)cn(C2COC2)c1-c1ccccc1C(F)(F)F.Cc1c(C(=O)Nc2ccc(S(C)(=O)=O)c(F)c2)cn(CC2CCO2)c1-c1ccccc1C(F)(F)F. The number of fused-ring (bicyclic) bond motifs is 1. The molecule has 3 aliphatic rings. The lowest BCUT2D eigenvalue weighted by molar-refractivity contribution is -0.138. The van der Waals surface area contributed by atoms with E-state index in [4.69, 9.17) is 9.47 Å². The van der Waals surface area contributed by atoms with E-state index in [1.165, 1.54) is 162 Å². The largest absolute Gasteiger partial charge is 0.417 e. The number of anilines is 5.